The Morgan fingerprint density at radius 1 is 1.11 bits per heavy atom. The van der Waals surface area contributed by atoms with Gasteiger partial charge in [-0.25, -0.2) is 4.98 Å². The molecule has 0 saturated heterocycles. The second-order valence-electron chi connectivity index (χ2n) is 6.08. The van der Waals surface area contributed by atoms with Gasteiger partial charge in [0.2, 0.25) is 0 Å². The Morgan fingerprint density at radius 3 is 2.36 bits per heavy atom. The molecule has 1 aromatic carbocycles. The number of nitrogens with zero attached hydrogens (tertiary/aromatic N) is 2. The Labute approximate surface area is 189 Å². The van der Waals surface area contributed by atoms with Crippen LogP contribution in [0.25, 0.3) is 0 Å². The van der Waals surface area contributed by atoms with Crippen molar-refractivity contribution in [2.75, 3.05) is 34.4 Å². The van der Waals surface area contributed by atoms with Crippen LogP contribution in [0.5, 0.6) is 11.5 Å². The third kappa shape index (κ3) is 7.12. The summed E-state index contributed by atoms with van der Waals surface area (Å²) in [5.74, 6) is 2.30. The van der Waals surface area contributed by atoms with E-state index in [1.165, 1.54) is 21.1 Å². The molecule has 2 aromatic rings. The van der Waals surface area contributed by atoms with Crippen molar-refractivity contribution in [1.29, 1.82) is 0 Å². The van der Waals surface area contributed by atoms with Crippen LogP contribution in [0, 0.1) is 6.92 Å². The van der Waals surface area contributed by atoms with Gasteiger partial charge in [0.05, 0.1) is 24.9 Å². The Morgan fingerprint density at radius 2 is 1.79 bits per heavy atom. The number of ether oxygens (including phenoxy) is 2. The van der Waals surface area contributed by atoms with Crippen LogP contribution in [0.15, 0.2) is 23.2 Å². The van der Waals surface area contributed by atoms with Gasteiger partial charge in [-0.05, 0) is 37.5 Å². The molecule has 2 N–H and O–H groups in total. The predicted molar refractivity (Wildman–Crippen MR) is 128 cm³/mol. The summed E-state index contributed by atoms with van der Waals surface area (Å²) in [5, 5.41) is 7.88. The van der Waals surface area contributed by atoms with Gasteiger partial charge in [0.25, 0.3) is 0 Å². The molecular weight excluding hydrogens is 487 g/mol. The van der Waals surface area contributed by atoms with Crippen LogP contribution in [-0.4, -0.2) is 45.3 Å². The molecule has 0 aliphatic heterocycles. The van der Waals surface area contributed by atoms with Gasteiger partial charge in [0.15, 0.2) is 17.5 Å². The quantitative estimate of drug-likeness (QED) is 0.302. The topological polar surface area (TPSA) is 67.8 Å². The molecule has 6 nitrogen and oxygen atoms in total. The average molecular weight is 518 g/mol. The lowest BCUT2D eigenvalue weighted by atomic mass is 10.1. The van der Waals surface area contributed by atoms with E-state index in [9.17, 15) is 0 Å². The predicted octanol–water partition coefficient (Wildman–Crippen LogP) is 3.60. The van der Waals surface area contributed by atoms with Crippen LogP contribution < -0.4 is 20.1 Å². The lowest BCUT2D eigenvalue weighted by molar-refractivity contribution is 0.354. The fraction of sp³-hybridized carbons (Fsp3) is 0.500. The summed E-state index contributed by atoms with van der Waals surface area (Å²) in [6, 6.07) is 5.99. The van der Waals surface area contributed by atoms with Crippen LogP contribution in [0.1, 0.15) is 28.1 Å². The molecule has 1 aromatic heterocycles. The van der Waals surface area contributed by atoms with Crippen molar-refractivity contribution < 1.29 is 9.47 Å². The number of benzene rings is 1. The van der Waals surface area contributed by atoms with Crippen LogP contribution in [-0.2, 0) is 19.3 Å². The van der Waals surface area contributed by atoms with E-state index in [1.54, 1.807) is 32.6 Å². The SMILES string of the molecule is CCc1nc(CCNC(=NC)NCCc2ccc(OC)c(OC)c2)sc1C.I. The number of guanidine groups is 1. The third-order valence-corrected chi connectivity index (χ3v) is 5.35. The zero-order valence-electron chi connectivity index (χ0n) is 17.3. The number of halogens is 1. The van der Waals surface area contributed by atoms with Gasteiger partial charge >= 0.3 is 0 Å². The monoisotopic (exact) mass is 518 g/mol. The highest BCUT2D eigenvalue weighted by molar-refractivity contribution is 14.0. The van der Waals surface area contributed by atoms with Crippen molar-refractivity contribution in [3.8, 4) is 11.5 Å². The average Bonchev–Trinajstić information content (AvgIpc) is 3.06. The molecule has 156 valence electrons. The van der Waals surface area contributed by atoms with Gasteiger partial charge in [-0.1, -0.05) is 13.0 Å². The van der Waals surface area contributed by atoms with Gasteiger partial charge in [0, 0.05) is 31.4 Å². The van der Waals surface area contributed by atoms with E-state index in [0.717, 1.165) is 49.8 Å². The second kappa shape index (κ2) is 12.8. The van der Waals surface area contributed by atoms with Crippen molar-refractivity contribution in [1.82, 2.24) is 15.6 Å². The molecule has 8 heteroatoms. The minimum atomic E-state index is 0. The number of aromatic nitrogens is 1. The number of hydrogen-bond donors (Lipinski definition) is 2. The number of rotatable bonds is 9. The maximum atomic E-state index is 5.35. The Hall–Kier alpha value is -1.55. The summed E-state index contributed by atoms with van der Waals surface area (Å²) in [7, 11) is 5.08. The van der Waals surface area contributed by atoms with Gasteiger partial charge in [-0.2, -0.15) is 0 Å². The molecule has 0 fully saturated rings. The highest BCUT2D eigenvalue weighted by Gasteiger charge is 2.07. The molecular formula is C20H31IN4O2S. The van der Waals surface area contributed by atoms with Gasteiger partial charge in [-0.3, -0.25) is 4.99 Å². The van der Waals surface area contributed by atoms with Crippen LogP contribution in [0.3, 0.4) is 0 Å². The molecule has 0 atom stereocenters. The number of aliphatic imine (C=N–C) groups is 1. The summed E-state index contributed by atoms with van der Waals surface area (Å²) in [6.45, 7) is 5.88. The molecule has 0 aliphatic rings. The standard InChI is InChI=1S/C20H30N4O2S.HI/c1-6-16-14(2)27-19(24-16)10-12-23-20(21-3)22-11-9-15-7-8-17(25-4)18(13-15)26-5;/h7-8,13H,6,9-12H2,1-5H3,(H2,21,22,23);1H. The molecule has 0 amide bonds. The fourth-order valence-corrected chi connectivity index (χ4v) is 3.81. The first kappa shape index (κ1) is 24.5. The zero-order valence-corrected chi connectivity index (χ0v) is 20.4. The Balaban J connectivity index is 0.00000392. The third-order valence-electron chi connectivity index (χ3n) is 4.28. The maximum Gasteiger partial charge on any atom is 0.191 e. The summed E-state index contributed by atoms with van der Waals surface area (Å²) < 4.78 is 10.6. The number of methoxy groups -OCH3 is 2. The van der Waals surface area contributed by atoms with Crippen molar-refractivity contribution in [3.05, 3.63) is 39.3 Å². The molecule has 1 heterocycles. The zero-order chi connectivity index (χ0) is 19.6. The van der Waals surface area contributed by atoms with E-state index in [0.29, 0.717) is 0 Å². The van der Waals surface area contributed by atoms with Crippen LogP contribution in [0.2, 0.25) is 0 Å². The van der Waals surface area contributed by atoms with Gasteiger partial charge < -0.3 is 20.1 Å². The van der Waals surface area contributed by atoms with E-state index in [-0.39, 0.29) is 24.0 Å². The van der Waals surface area contributed by atoms with E-state index in [4.69, 9.17) is 9.47 Å². The Bertz CT molecular complexity index is 765. The van der Waals surface area contributed by atoms with Gasteiger partial charge in [-0.15, -0.1) is 35.3 Å². The van der Waals surface area contributed by atoms with E-state index in [1.807, 2.05) is 12.1 Å². The van der Waals surface area contributed by atoms with Gasteiger partial charge in [0.1, 0.15) is 0 Å². The summed E-state index contributed by atoms with van der Waals surface area (Å²) >= 11 is 1.79. The molecule has 0 aliphatic carbocycles. The molecule has 0 saturated carbocycles. The number of aryl methyl sites for hydroxylation is 2. The molecule has 0 spiro atoms. The van der Waals surface area contributed by atoms with Crippen molar-refractivity contribution in [2.24, 2.45) is 4.99 Å². The largest absolute Gasteiger partial charge is 0.493 e. The Kier molecular flexibility index (Phi) is 11.2. The van der Waals surface area contributed by atoms with E-state index < -0.39 is 0 Å². The first-order chi connectivity index (χ1) is 13.1. The minimum absolute atomic E-state index is 0. The highest BCUT2D eigenvalue weighted by atomic mass is 127. The highest BCUT2D eigenvalue weighted by Crippen LogP contribution is 2.27. The van der Waals surface area contributed by atoms with Crippen molar-refractivity contribution >= 4 is 41.3 Å². The molecule has 0 bridgehead atoms. The molecule has 0 unspecified atom stereocenters. The number of hydrogen-bond acceptors (Lipinski definition) is 5. The molecule has 0 radical (unpaired) electrons. The summed E-state index contributed by atoms with van der Waals surface area (Å²) in [6.07, 6.45) is 2.77. The fourth-order valence-electron chi connectivity index (χ4n) is 2.79. The van der Waals surface area contributed by atoms with Crippen molar-refractivity contribution in [2.45, 2.75) is 33.1 Å². The maximum absolute atomic E-state index is 5.35. The summed E-state index contributed by atoms with van der Waals surface area (Å²) in [5.41, 5.74) is 2.40. The lowest BCUT2D eigenvalue weighted by Gasteiger charge is -2.12. The smallest absolute Gasteiger partial charge is 0.191 e. The second-order valence-corrected chi connectivity index (χ2v) is 7.37. The number of thiazole rings is 1. The van der Waals surface area contributed by atoms with Crippen LogP contribution in [0.4, 0.5) is 0 Å². The molecule has 28 heavy (non-hydrogen) atoms. The number of nitrogens with one attached hydrogen (secondary N) is 2. The minimum Gasteiger partial charge on any atom is -0.493 e. The van der Waals surface area contributed by atoms with E-state index >= 15 is 0 Å². The normalized spacial score (nSPS) is 11.0. The van der Waals surface area contributed by atoms with E-state index in [2.05, 4.69) is 40.5 Å². The molecule has 2 rings (SSSR count). The van der Waals surface area contributed by atoms with Crippen LogP contribution >= 0.6 is 35.3 Å². The van der Waals surface area contributed by atoms with Crippen molar-refractivity contribution in [3.63, 3.8) is 0 Å². The lowest BCUT2D eigenvalue weighted by Crippen LogP contribution is -2.39. The first-order valence-electron chi connectivity index (χ1n) is 9.21. The first-order valence-corrected chi connectivity index (χ1v) is 10.0. The summed E-state index contributed by atoms with van der Waals surface area (Å²) in [4.78, 5) is 10.3.